The van der Waals surface area contributed by atoms with Crippen LogP contribution in [0.15, 0.2) is 18.2 Å². The molecule has 2 atom stereocenters. The molecule has 0 amide bonds. The molecule has 0 radical (unpaired) electrons. The van der Waals surface area contributed by atoms with Crippen LogP contribution in [0.5, 0.6) is 0 Å². The van der Waals surface area contributed by atoms with Crippen molar-refractivity contribution in [3.05, 3.63) is 29.3 Å². The van der Waals surface area contributed by atoms with Crippen LogP contribution < -0.4 is 10.2 Å². The Labute approximate surface area is 123 Å². The zero-order valence-corrected chi connectivity index (χ0v) is 13.0. The first kappa shape index (κ1) is 15.3. The molecule has 0 fully saturated rings. The second-order valence-corrected chi connectivity index (χ2v) is 5.94. The molecule has 0 bridgehead atoms. The van der Waals surface area contributed by atoms with Crippen molar-refractivity contribution in [3.8, 4) is 0 Å². The molecule has 3 nitrogen and oxygen atoms in total. The van der Waals surface area contributed by atoms with E-state index in [0.717, 1.165) is 32.5 Å². The second kappa shape index (κ2) is 7.09. The van der Waals surface area contributed by atoms with Gasteiger partial charge >= 0.3 is 0 Å². The molecule has 2 rings (SSSR count). The van der Waals surface area contributed by atoms with Crippen molar-refractivity contribution in [1.29, 1.82) is 0 Å². The van der Waals surface area contributed by atoms with Gasteiger partial charge in [-0.2, -0.15) is 0 Å². The number of anilines is 1. The molecule has 3 heteroatoms. The number of nitrogens with one attached hydrogen (secondary N) is 1. The van der Waals surface area contributed by atoms with Crippen LogP contribution in [-0.2, 0) is 6.42 Å². The van der Waals surface area contributed by atoms with Crippen LogP contribution in [0.25, 0.3) is 0 Å². The van der Waals surface area contributed by atoms with Crippen LogP contribution in [0.1, 0.15) is 50.8 Å². The molecule has 1 aliphatic rings. The number of aliphatic hydroxyl groups is 1. The first-order valence-electron chi connectivity index (χ1n) is 7.91. The fourth-order valence-electron chi connectivity index (χ4n) is 2.81. The summed E-state index contributed by atoms with van der Waals surface area (Å²) in [7, 11) is 0. The SMILES string of the molecule is CCCNC(C)c1ccc2c(c1)CCN2CCC(C)O. The maximum atomic E-state index is 9.43. The highest BCUT2D eigenvalue weighted by Gasteiger charge is 2.20. The number of hydrogen-bond donors (Lipinski definition) is 2. The van der Waals surface area contributed by atoms with E-state index >= 15 is 0 Å². The normalized spacial score (nSPS) is 17.1. The molecular formula is C17H28N2O. The molecule has 0 saturated carbocycles. The van der Waals surface area contributed by atoms with Gasteiger partial charge in [0.2, 0.25) is 0 Å². The van der Waals surface area contributed by atoms with Gasteiger partial charge in [-0.05, 0) is 56.8 Å². The van der Waals surface area contributed by atoms with E-state index in [4.69, 9.17) is 0 Å². The Morgan fingerprint density at radius 3 is 2.85 bits per heavy atom. The van der Waals surface area contributed by atoms with Gasteiger partial charge in [-0.3, -0.25) is 0 Å². The van der Waals surface area contributed by atoms with E-state index in [-0.39, 0.29) is 6.10 Å². The lowest BCUT2D eigenvalue weighted by atomic mass is 10.0. The lowest BCUT2D eigenvalue weighted by Gasteiger charge is -2.21. The zero-order chi connectivity index (χ0) is 14.5. The fraction of sp³-hybridized carbons (Fsp3) is 0.647. The Balaban J connectivity index is 2.02. The quantitative estimate of drug-likeness (QED) is 0.804. The van der Waals surface area contributed by atoms with Gasteiger partial charge in [0, 0.05) is 24.8 Å². The standard InChI is InChI=1S/C17H28N2O/c1-4-9-18-14(3)15-5-6-17-16(12-15)8-11-19(17)10-7-13(2)20/h5-6,12-14,18,20H,4,7-11H2,1-3H3. The summed E-state index contributed by atoms with van der Waals surface area (Å²) in [4.78, 5) is 2.40. The maximum absolute atomic E-state index is 9.43. The van der Waals surface area contributed by atoms with Gasteiger partial charge in [0.05, 0.1) is 6.10 Å². The fourth-order valence-corrected chi connectivity index (χ4v) is 2.81. The van der Waals surface area contributed by atoms with Crippen molar-refractivity contribution >= 4 is 5.69 Å². The van der Waals surface area contributed by atoms with Crippen molar-refractivity contribution in [3.63, 3.8) is 0 Å². The highest BCUT2D eigenvalue weighted by molar-refractivity contribution is 5.59. The van der Waals surface area contributed by atoms with E-state index < -0.39 is 0 Å². The average molecular weight is 276 g/mol. The van der Waals surface area contributed by atoms with Gasteiger partial charge in [0.1, 0.15) is 0 Å². The Morgan fingerprint density at radius 1 is 1.35 bits per heavy atom. The Kier molecular flexibility index (Phi) is 5.44. The van der Waals surface area contributed by atoms with E-state index in [1.165, 1.54) is 23.2 Å². The largest absolute Gasteiger partial charge is 0.393 e. The van der Waals surface area contributed by atoms with Gasteiger partial charge < -0.3 is 15.3 Å². The minimum atomic E-state index is -0.211. The maximum Gasteiger partial charge on any atom is 0.0528 e. The summed E-state index contributed by atoms with van der Waals surface area (Å²) < 4.78 is 0. The Morgan fingerprint density at radius 2 is 2.15 bits per heavy atom. The molecule has 1 aromatic carbocycles. The highest BCUT2D eigenvalue weighted by atomic mass is 16.3. The first-order chi connectivity index (χ1) is 9.61. The van der Waals surface area contributed by atoms with Gasteiger partial charge in [-0.15, -0.1) is 0 Å². The summed E-state index contributed by atoms with van der Waals surface area (Å²) in [5.74, 6) is 0. The Hall–Kier alpha value is -1.06. The van der Waals surface area contributed by atoms with Gasteiger partial charge in [-0.25, -0.2) is 0 Å². The third kappa shape index (κ3) is 3.74. The monoisotopic (exact) mass is 276 g/mol. The summed E-state index contributed by atoms with van der Waals surface area (Å²) in [5.41, 5.74) is 4.20. The predicted octanol–water partition coefficient (Wildman–Crippen LogP) is 2.88. The molecule has 0 aliphatic carbocycles. The lowest BCUT2D eigenvalue weighted by molar-refractivity contribution is 0.186. The Bertz CT molecular complexity index is 431. The van der Waals surface area contributed by atoms with Crippen LogP contribution in [0.3, 0.4) is 0 Å². The summed E-state index contributed by atoms with van der Waals surface area (Å²) in [6, 6.07) is 7.27. The van der Waals surface area contributed by atoms with E-state index in [9.17, 15) is 5.11 Å². The molecule has 1 aromatic rings. The van der Waals surface area contributed by atoms with Crippen LogP contribution in [0.4, 0.5) is 5.69 Å². The van der Waals surface area contributed by atoms with Crippen molar-refractivity contribution in [1.82, 2.24) is 5.32 Å². The molecule has 2 N–H and O–H groups in total. The van der Waals surface area contributed by atoms with Crippen molar-refractivity contribution in [2.24, 2.45) is 0 Å². The summed E-state index contributed by atoms with van der Waals surface area (Å²) in [6.07, 6.45) is 2.93. The summed E-state index contributed by atoms with van der Waals surface area (Å²) >= 11 is 0. The molecule has 20 heavy (non-hydrogen) atoms. The zero-order valence-electron chi connectivity index (χ0n) is 13.0. The topological polar surface area (TPSA) is 35.5 Å². The molecule has 112 valence electrons. The summed E-state index contributed by atoms with van der Waals surface area (Å²) in [6.45, 7) is 9.40. The number of benzene rings is 1. The number of hydrogen-bond acceptors (Lipinski definition) is 3. The molecule has 0 spiro atoms. The molecular weight excluding hydrogens is 248 g/mol. The van der Waals surface area contributed by atoms with E-state index in [2.05, 4.69) is 42.3 Å². The smallest absolute Gasteiger partial charge is 0.0528 e. The van der Waals surface area contributed by atoms with Crippen LogP contribution in [0.2, 0.25) is 0 Å². The van der Waals surface area contributed by atoms with Crippen molar-refractivity contribution < 1.29 is 5.11 Å². The van der Waals surface area contributed by atoms with Gasteiger partial charge in [-0.1, -0.05) is 19.1 Å². The van der Waals surface area contributed by atoms with E-state index in [1.54, 1.807) is 0 Å². The molecule has 1 heterocycles. The van der Waals surface area contributed by atoms with Crippen molar-refractivity contribution in [2.75, 3.05) is 24.5 Å². The first-order valence-corrected chi connectivity index (χ1v) is 7.91. The van der Waals surface area contributed by atoms with Crippen LogP contribution in [0, 0.1) is 0 Å². The average Bonchev–Trinajstić information content (AvgIpc) is 2.84. The summed E-state index contributed by atoms with van der Waals surface area (Å²) in [5, 5.41) is 13.0. The van der Waals surface area contributed by atoms with E-state index in [0.29, 0.717) is 6.04 Å². The molecule has 0 saturated heterocycles. The second-order valence-electron chi connectivity index (χ2n) is 5.94. The molecule has 0 aromatic heterocycles. The minimum absolute atomic E-state index is 0.211. The lowest BCUT2D eigenvalue weighted by Crippen LogP contribution is -2.24. The molecule has 2 unspecified atom stereocenters. The van der Waals surface area contributed by atoms with Gasteiger partial charge in [0.25, 0.3) is 0 Å². The number of aliphatic hydroxyl groups excluding tert-OH is 1. The van der Waals surface area contributed by atoms with Crippen LogP contribution >= 0.6 is 0 Å². The number of fused-ring (bicyclic) bond motifs is 1. The molecule has 1 aliphatic heterocycles. The number of nitrogens with zero attached hydrogens (tertiary/aromatic N) is 1. The minimum Gasteiger partial charge on any atom is -0.393 e. The predicted molar refractivity (Wildman–Crippen MR) is 85.4 cm³/mol. The van der Waals surface area contributed by atoms with Gasteiger partial charge in [0.15, 0.2) is 0 Å². The third-order valence-electron chi connectivity index (χ3n) is 4.11. The third-order valence-corrected chi connectivity index (χ3v) is 4.11. The van der Waals surface area contributed by atoms with Crippen LogP contribution in [-0.4, -0.2) is 30.8 Å². The van der Waals surface area contributed by atoms with E-state index in [1.807, 2.05) is 6.92 Å². The van der Waals surface area contributed by atoms with Crippen molar-refractivity contribution in [2.45, 2.75) is 52.2 Å². The highest BCUT2D eigenvalue weighted by Crippen LogP contribution is 2.30. The number of rotatable bonds is 7.